The third kappa shape index (κ3) is 1.78. The second kappa shape index (κ2) is 4.43. The molecule has 3 nitrogen and oxygen atoms in total. The Morgan fingerprint density at radius 2 is 2.00 bits per heavy atom. The summed E-state index contributed by atoms with van der Waals surface area (Å²) < 4.78 is 11.0. The number of rotatable bonds is 3. The van der Waals surface area contributed by atoms with Gasteiger partial charge >= 0.3 is 0 Å². The highest BCUT2D eigenvalue weighted by Gasteiger charge is 2.22. The molecule has 0 spiro atoms. The minimum atomic E-state index is -0.0342. The molecule has 1 aromatic carbocycles. The monoisotopic (exact) mass is 254 g/mol. The quantitative estimate of drug-likeness (QED) is 0.660. The van der Waals surface area contributed by atoms with Crippen molar-refractivity contribution in [3.63, 3.8) is 0 Å². The molecule has 0 unspecified atom stereocenters. The summed E-state index contributed by atoms with van der Waals surface area (Å²) in [5.74, 6) is 1.33. The van der Waals surface area contributed by atoms with Crippen LogP contribution in [0.25, 0.3) is 11.0 Å². The lowest BCUT2D eigenvalue weighted by Crippen LogP contribution is -2.03. The zero-order chi connectivity index (χ0) is 13.4. The Morgan fingerprint density at radius 1 is 1.21 bits per heavy atom. The maximum Gasteiger partial charge on any atom is 0.200 e. The molecule has 96 valence electrons. The molecule has 0 saturated heterocycles. The van der Waals surface area contributed by atoms with Crippen LogP contribution in [0.15, 0.2) is 45.4 Å². The van der Waals surface area contributed by atoms with Gasteiger partial charge in [-0.05, 0) is 19.1 Å². The molecule has 0 saturated carbocycles. The molecule has 2 aromatic heterocycles. The van der Waals surface area contributed by atoms with E-state index in [2.05, 4.69) is 0 Å². The average molecular weight is 254 g/mol. The molecule has 2 heterocycles. The zero-order valence-corrected chi connectivity index (χ0v) is 10.9. The summed E-state index contributed by atoms with van der Waals surface area (Å²) in [7, 11) is 0. The predicted octanol–water partition coefficient (Wildman–Crippen LogP) is 4.13. The molecule has 3 rings (SSSR count). The normalized spacial score (nSPS) is 11.1. The highest BCUT2D eigenvalue weighted by molar-refractivity contribution is 6.17. The number of ketones is 1. The van der Waals surface area contributed by atoms with Gasteiger partial charge < -0.3 is 8.83 Å². The maximum atomic E-state index is 12.7. The highest BCUT2D eigenvalue weighted by Crippen LogP contribution is 2.29. The molecule has 0 bridgehead atoms. The van der Waals surface area contributed by atoms with Crippen molar-refractivity contribution in [2.24, 2.45) is 0 Å². The summed E-state index contributed by atoms with van der Waals surface area (Å²) in [6, 6.07) is 9.33. The first-order chi connectivity index (χ1) is 9.22. The molecule has 0 aliphatic carbocycles. The molecule has 0 N–H and O–H groups in total. The van der Waals surface area contributed by atoms with Gasteiger partial charge in [0, 0.05) is 11.8 Å². The third-order valence-corrected chi connectivity index (χ3v) is 3.32. The van der Waals surface area contributed by atoms with Crippen LogP contribution in [0.3, 0.4) is 0 Å². The van der Waals surface area contributed by atoms with E-state index in [0.29, 0.717) is 23.3 Å². The lowest BCUT2D eigenvalue weighted by Gasteiger charge is -1.99. The summed E-state index contributed by atoms with van der Waals surface area (Å²) >= 11 is 0. The summed E-state index contributed by atoms with van der Waals surface area (Å²) in [5.41, 5.74) is 2.01. The van der Waals surface area contributed by atoms with Crippen molar-refractivity contribution in [3.8, 4) is 0 Å². The van der Waals surface area contributed by atoms with Crippen molar-refractivity contribution >= 4 is 16.8 Å². The van der Waals surface area contributed by atoms with Crippen LogP contribution in [-0.2, 0) is 6.42 Å². The largest absolute Gasteiger partial charge is 0.469 e. The number of carbonyl (C=O) groups is 1. The van der Waals surface area contributed by atoms with Crippen LogP contribution in [0, 0.1) is 6.92 Å². The Labute approximate surface area is 110 Å². The fraction of sp³-hybridized carbons (Fsp3) is 0.188. The van der Waals surface area contributed by atoms with E-state index in [1.165, 1.54) is 6.26 Å². The van der Waals surface area contributed by atoms with Crippen molar-refractivity contribution in [2.75, 3.05) is 0 Å². The van der Waals surface area contributed by atoms with Gasteiger partial charge in [-0.25, -0.2) is 0 Å². The van der Waals surface area contributed by atoms with Gasteiger partial charge in [0.05, 0.1) is 17.4 Å². The van der Waals surface area contributed by atoms with E-state index in [9.17, 15) is 4.79 Å². The van der Waals surface area contributed by atoms with Crippen LogP contribution < -0.4 is 0 Å². The van der Waals surface area contributed by atoms with E-state index in [1.54, 1.807) is 13.0 Å². The number of fused-ring (bicyclic) bond motifs is 1. The van der Waals surface area contributed by atoms with E-state index in [4.69, 9.17) is 8.83 Å². The number of furan rings is 2. The van der Waals surface area contributed by atoms with E-state index < -0.39 is 0 Å². The molecule has 0 amide bonds. The molecular formula is C16H14O3. The van der Waals surface area contributed by atoms with Crippen molar-refractivity contribution in [2.45, 2.75) is 20.3 Å². The molecule has 0 aliphatic heterocycles. The molecule has 3 heteroatoms. The van der Waals surface area contributed by atoms with Gasteiger partial charge in [-0.3, -0.25) is 4.79 Å². The summed E-state index contributed by atoms with van der Waals surface area (Å²) in [5, 5.41) is 0.866. The Morgan fingerprint density at radius 3 is 2.68 bits per heavy atom. The third-order valence-electron chi connectivity index (χ3n) is 3.32. The zero-order valence-electron chi connectivity index (χ0n) is 10.9. The predicted molar refractivity (Wildman–Crippen MR) is 72.5 cm³/mol. The standard InChI is InChI=1S/C16H14O3/c1-3-13-15(12-6-4-5-7-14(12)19-13)16(17)11-8-9-18-10(11)2/h4-9H,3H2,1-2H3. The van der Waals surface area contributed by atoms with E-state index in [-0.39, 0.29) is 5.78 Å². The van der Waals surface area contributed by atoms with Crippen LogP contribution in [0.4, 0.5) is 0 Å². The molecule has 0 aliphatic rings. The Balaban J connectivity index is 2.24. The number of benzene rings is 1. The number of carbonyl (C=O) groups excluding carboxylic acids is 1. The molecular weight excluding hydrogens is 240 g/mol. The average Bonchev–Trinajstić information content (AvgIpc) is 3.01. The molecule has 3 aromatic rings. The highest BCUT2D eigenvalue weighted by atomic mass is 16.3. The number of para-hydroxylation sites is 1. The second-order valence-electron chi connectivity index (χ2n) is 4.47. The molecule has 0 fully saturated rings. The van der Waals surface area contributed by atoms with Gasteiger partial charge in [0.1, 0.15) is 17.1 Å². The second-order valence-corrected chi connectivity index (χ2v) is 4.47. The van der Waals surface area contributed by atoms with Gasteiger partial charge in [0.2, 0.25) is 5.78 Å². The van der Waals surface area contributed by atoms with Gasteiger partial charge in [0.15, 0.2) is 0 Å². The van der Waals surface area contributed by atoms with Gasteiger partial charge in [-0.2, -0.15) is 0 Å². The lowest BCUT2D eigenvalue weighted by molar-refractivity contribution is 0.103. The maximum absolute atomic E-state index is 12.7. The van der Waals surface area contributed by atoms with Crippen LogP contribution >= 0.6 is 0 Å². The van der Waals surface area contributed by atoms with Crippen molar-refractivity contribution in [1.29, 1.82) is 0 Å². The fourth-order valence-corrected chi connectivity index (χ4v) is 2.35. The van der Waals surface area contributed by atoms with Gasteiger partial charge in [-0.1, -0.05) is 25.1 Å². The van der Waals surface area contributed by atoms with Crippen LogP contribution in [0.2, 0.25) is 0 Å². The lowest BCUT2D eigenvalue weighted by atomic mass is 10.00. The summed E-state index contributed by atoms with van der Waals surface area (Å²) in [6.45, 7) is 3.78. The summed E-state index contributed by atoms with van der Waals surface area (Å²) in [6.07, 6.45) is 2.23. The van der Waals surface area contributed by atoms with Gasteiger partial charge in [-0.15, -0.1) is 0 Å². The molecule has 19 heavy (non-hydrogen) atoms. The first-order valence-electron chi connectivity index (χ1n) is 6.31. The Bertz CT molecular complexity index is 746. The topological polar surface area (TPSA) is 43.4 Å². The van der Waals surface area contributed by atoms with Gasteiger partial charge in [0.25, 0.3) is 0 Å². The SMILES string of the molecule is CCc1oc2ccccc2c1C(=O)c1ccoc1C. The number of aryl methyl sites for hydroxylation is 2. The van der Waals surface area contributed by atoms with E-state index in [1.807, 2.05) is 31.2 Å². The van der Waals surface area contributed by atoms with Crippen LogP contribution in [-0.4, -0.2) is 5.78 Å². The first-order valence-corrected chi connectivity index (χ1v) is 6.31. The summed E-state index contributed by atoms with van der Waals surface area (Å²) in [4.78, 5) is 12.7. The Kier molecular flexibility index (Phi) is 2.75. The van der Waals surface area contributed by atoms with E-state index >= 15 is 0 Å². The fourth-order valence-electron chi connectivity index (χ4n) is 2.35. The number of hydrogen-bond donors (Lipinski definition) is 0. The molecule has 0 radical (unpaired) electrons. The van der Waals surface area contributed by atoms with Crippen molar-refractivity contribution in [1.82, 2.24) is 0 Å². The molecule has 0 atom stereocenters. The smallest absolute Gasteiger partial charge is 0.200 e. The van der Waals surface area contributed by atoms with Crippen molar-refractivity contribution in [3.05, 3.63) is 59.2 Å². The van der Waals surface area contributed by atoms with E-state index in [0.717, 1.165) is 16.7 Å². The first kappa shape index (κ1) is 11.8. The van der Waals surface area contributed by atoms with Crippen LogP contribution in [0.5, 0.6) is 0 Å². The van der Waals surface area contributed by atoms with Crippen molar-refractivity contribution < 1.29 is 13.6 Å². The van der Waals surface area contributed by atoms with Crippen LogP contribution in [0.1, 0.15) is 34.4 Å². The minimum Gasteiger partial charge on any atom is -0.469 e. The number of hydrogen-bond acceptors (Lipinski definition) is 3. The Hall–Kier alpha value is -2.29. The minimum absolute atomic E-state index is 0.0342.